The lowest BCUT2D eigenvalue weighted by Gasteiger charge is -2.13. The molecule has 0 amide bonds. The van der Waals surface area contributed by atoms with E-state index in [1.165, 1.54) is 25.7 Å². The summed E-state index contributed by atoms with van der Waals surface area (Å²) in [5.74, 6) is 0. The van der Waals surface area contributed by atoms with E-state index in [4.69, 9.17) is 5.11 Å². The fraction of sp³-hybridized carbons (Fsp3) is 1.00. The Balaban J connectivity index is 1.72. The summed E-state index contributed by atoms with van der Waals surface area (Å²) >= 11 is 0. The lowest BCUT2D eigenvalue weighted by Crippen LogP contribution is -2.42. The molecule has 1 spiro atoms. The van der Waals surface area contributed by atoms with Gasteiger partial charge in [-0.15, -0.1) is 0 Å². The van der Waals surface area contributed by atoms with Gasteiger partial charge in [0.2, 0.25) is 0 Å². The lowest BCUT2D eigenvalue weighted by atomic mass is 10.2. The van der Waals surface area contributed by atoms with Gasteiger partial charge in [-0.2, -0.15) is 0 Å². The molecule has 3 heteroatoms. The first-order chi connectivity index (χ1) is 5.35. The van der Waals surface area contributed by atoms with Gasteiger partial charge in [0.15, 0.2) is 0 Å². The van der Waals surface area contributed by atoms with Gasteiger partial charge < -0.3 is 5.11 Å². The summed E-state index contributed by atoms with van der Waals surface area (Å²) in [7, 11) is 0. The van der Waals surface area contributed by atoms with Crippen molar-refractivity contribution in [3.05, 3.63) is 0 Å². The normalized spacial score (nSPS) is 33.0. The Bertz CT molecular complexity index is 145. The molecule has 0 bridgehead atoms. The van der Waals surface area contributed by atoms with Crippen molar-refractivity contribution in [3.8, 4) is 0 Å². The average molecular weight is 156 g/mol. The SMILES string of the molecule is OCCNC1CCC2(CC2)N1. The molecule has 3 nitrogen and oxygen atoms in total. The van der Waals surface area contributed by atoms with Crippen LogP contribution in [0.3, 0.4) is 0 Å². The fourth-order valence-electron chi connectivity index (χ4n) is 1.87. The number of rotatable bonds is 3. The third-order valence-electron chi connectivity index (χ3n) is 2.75. The molecule has 1 saturated carbocycles. The van der Waals surface area contributed by atoms with Gasteiger partial charge in [-0.3, -0.25) is 10.6 Å². The maximum absolute atomic E-state index is 8.58. The molecule has 1 aliphatic carbocycles. The third-order valence-corrected chi connectivity index (χ3v) is 2.75. The second kappa shape index (κ2) is 2.73. The summed E-state index contributed by atoms with van der Waals surface area (Å²) in [6, 6.07) is 0. The Labute approximate surface area is 67.2 Å². The molecule has 1 saturated heterocycles. The van der Waals surface area contributed by atoms with Crippen LogP contribution in [0.25, 0.3) is 0 Å². The van der Waals surface area contributed by atoms with Crippen LogP contribution >= 0.6 is 0 Å². The van der Waals surface area contributed by atoms with E-state index in [1.807, 2.05) is 0 Å². The summed E-state index contributed by atoms with van der Waals surface area (Å²) in [6.45, 7) is 0.957. The Morgan fingerprint density at radius 1 is 1.45 bits per heavy atom. The fourth-order valence-corrected chi connectivity index (χ4v) is 1.87. The van der Waals surface area contributed by atoms with Crippen molar-refractivity contribution in [2.45, 2.75) is 37.4 Å². The van der Waals surface area contributed by atoms with Crippen molar-refractivity contribution in [3.63, 3.8) is 0 Å². The second-order valence-corrected chi connectivity index (χ2v) is 3.69. The van der Waals surface area contributed by atoms with Crippen LogP contribution in [0.2, 0.25) is 0 Å². The molecule has 1 aliphatic heterocycles. The minimum atomic E-state index is 0.241. The van der Waals surface area contributed by atoms with Crippen LogP contribution in [0.15, 0.2) is 0 Å². The lowest BCUT2D eigenvalue weighted by molar-refractivity contribution is 0.279. The van der Waals surface area contributed by atoms with Crippen molar-refractivity contribution in [2.24, 2.45) is 0 Å². The van der Waals surface area contributed by atoms with Gasteiger partial charge in [-0.1, -0.05) is 0 Å². The Morgan fingerprint density at radius 3 is 2.82 bits per heavy atom. The molecule has 1 unspecified atom stereocenters. The largest absolute Gasteiger partial charge is 0.395 e. The smallest absolute Gasteiger partial charge is 0.0577 e. The highest BCUT2D eigenvalue weighted by Crippen LogP contribution is 2.43. The highest BCUT2D eigenvalue weighted by molar-refractivity contribution is 5.07. The highest BCUT2D eigenvalue weighted by Gasteiger charge is 2.47. The molecular weight excluding hydrogens is 140 g/mol. The van der Waals surface area contributed by atoms with Gasteiger partial charge >= 0.3 is 0 Å². The molecule has 0 radical (unpaired) electrons. The molecule has 64 valence electrons. The number of hydrogen-bond acceptors (Lipinski definition) is 3. The van der Waals surface area contributed by atoms with E-state index in [2.05, 4.69) is 10.6 Å². The molecule has 3 N–H and O–H groups in total. The summed E-state index contributed by atoms with van der Waals surface area (Å²) in [5.41, 5.74) is 0.521. The molecular formula is C8H16N2O. The van der Waals surface area contributed by atoms with Crippen LogP contribution < -0.4 is 10.6 Å². The minimum absolute atomic E-state index is 0.241. The van der Waals surface area contributed by atoms with Crippen molar-refractivity contribution in [1.82, 2.24) is 10.6 Å². The van der Waals surface area contributed by atoms with Gasteiger partial charge in [0, 0.05) is 12.1 Å². The topological polar surface area (TPSA) is 44.3 Å². The Hall–Kier alpha value is -0.120. The molecule has 0 aromatic rings. The van der Waals surface area contributed by atoms with Crippen LogP contribution in [-0.2, 0) is 0 Å². The van der Waals surface area contributed by atoms with E-state index in [1.54, 1.807) is 0 Å². The van der Waals surface area contributed by atoms with Gasteiger partial charge in [-0.05, 0) is 25.7 Å². The third kappa shape index (κ3) is 1.55. The average Bonchev–Trinajstić information content (AvgIpc) is 2.61. The van der Waals surface area contributed by atoms with Crippen LogP contribution in [-0.4, -0.2) is 30.0 Å². The maximum atomic E-state index is 8.58. The molecule has 11 heavy (non-hydrogen) atoms. The maximum Gasteiger partial charge on any atom is 0.0577 e. The zero-order chi connectivity index (χ0) is 7.73. The first-order valence-corrected chi connectivity index (χ1v) is 4.47. The van der Waals surface area contributed by atoms with Gasteiger partial charge in [0.05, 0.1) is 12.8 Å². The summed E-state index contributed by atoms with van der Waals surface area (Å²) in [6.07, 6.45) is 5.70. The summed E-state index contributed by atoms with van der Waals surface area (Å²) in [5, 5.41) is 15.4. The van der Waals surface area contributed by atoms with Crippen LogP contribution in [0.4, 0.5) is 0 Å². The van der Waals surface area contributed by atoms with Crippen molar-refractivity contribution in [2.75, 3.05) is 13.2 Å². The zero-order valence-electron chi connectivity index (χ0n) is 6.77. The quantitative estimate of drug-likeness (QED) is 0.530. The van der Waals surface area contributed by atoms with E-state index in [0.29, 0.717) is 18.2 Å². The predicted octanol–water partition coefficient (Wildman–Crippen LogP) is -0.190. The molecule has 1 heterocycles. The van der Waals surface area contributed by atoms with Gasteiger partial charge in [-0.25, -0.2) is 0 Å². The van der Waals surface area contributed by atoms with Gasteiger partial charge in [0.1, 0.15) is 0 Å². The van der Waals surface area contributed by atoms with Crippen LogP contribution in [0.1, 0.15) is 25.7 Å². The first-order valence-electron chi connectivity index (χ1n) is 4.47. The summed E-state index contributed by atoms with van der Waals surface area (Å²) in [4.78, 5) is 0. The highest BCUT2D eigenvalue weighted by atomic mass is 16.3. The molecule has 2 aliphatic rings. The van der Waals surface area contributed by atoms with Crippen molar-refractivity contribution >= 4 is 0 Å². The Morgan fingerprint density at radius 2 is 2.27 bits per heavy atom. The molecule has 1 atom stereocenters. The second-order valence-electron chi connectivity index (χ2n) is 3.69. The van der Waals surface area contributed by atoms with Crippen molar-refractivity contribution in [1.29, 1.82) is 0 Å². The van der Waals surface area contributed by atoms with E-state index in [0.717, 1.165) is 0 Å². The zero-order valence-corrected chi connectivity index (χ0v) is 6.77. The standard InChI is InChI=1S/C8H16N2O/c11-6-5-9-7-1-2-8(10-7)3-4-8/h7,9-11H,1-6H2. The summed E-state index contributed by atoms with van der Waals surface area (Å²) < 4.78 is 0. The van der Waals surface area contributed by atoms with E-state index < -0.39 is 0 Å². The molecule has 0 aromatic carbocycles. The molecule has 2 fully saturated rings. The number of aliphatic hydroxyl groups is 1. The minimum Gasteiger partial charge on any atom is -0.395 e. The van der Waals surface area contributed by atoms with E-state index in [-0.39, 0.29) is 6.61 Å². The first kappa shape index (κ1) is 7.53. The Kier molecular flexibility index (Phi) is 1.87. The predicted molar refractivity (Wildman–Crippen MR) is 43.2 cm³/mol. The number of nitrogens with one attached hydrogen (secondary N) is 2. The monoisotopic (exact) mass is 156 g/mol. The van der Waals surface area contributed by atoms with E-state index >= 15 is 0 Å². The van der Waals surface area contributed by atoms with Crippen molar-refractivity contribution < 1.29 is 5.11 Å². The van der Waals surface area contributed by atoms with E-state index in [9.17, 15) is 0 Å². The molecule has 2 rings (SSSR count). The number of hydrogen-bond donors (Lipinski definition) is 3. The van der Waals surface area contributed by atoms with Gasteiger partial charge in [0.25, 0.3) is 0 Å². The molecule has 0 aromatic heterocycles. The van der Waals surface area contributed by atoms with Crippen LogP contribution in [0.5, 0.6) is 0 Å². The number of aliphatic hydroxyl groups excluding tert-OH is 1. The van der Waals surface area contributed by atoms with Crippen LogP contribution in [0, 0.1) is 0 Å².